The fourth-order valence-corrected chi connectivity index (χ4v) is 3.11. The van der Waals surface area contributed by atoms with Gasteiger partial charge in [0.25, 0.3) is 0 Å². The molecule has 1 aliphatic heterocycles. The molecule has 1 aliphatic carbocycles. The highest BCUT2D eigenvalue weighted by Gasteiger charge is 2.47. The topological polar surface area (TPSA) is 49.4 Å². The van der Waals surface area contributed by atoms with Gasteiger partial charge < -0.3 is 10.2 Å². The van der Waals surface area contributed by atoms with Crippen molar-refractivity contribution in [2.75, 3.05) is 13.1 Å². The first-order valence-electron chi connectivity index (χ1n) is 7.55. The third-order valence-corrected chi connectivity index (χ3v) is 4.76. The molecular weight excluding hydrogens is 240 g/mol. The van der Waals surface area contributed by atoms with Crippen molar-refractivity contribution in [3.05, 3.63) is 0 Å². The summed E-state index contributed by atoms with van der Waals surface area (Å²) in [5, 5.41) is 2.98. The molecule has 108 valence electrons. The smallest absolute Gasteiger partial charge is 0.248 e. The lowest BCUT2D eigenvalue weighted by Gasteiger charge is -2.45. The van der Waals surface area contributed by atoms with E-state index in [1.54, 1.807) is 4.90 Å². The van der Waals surface area contributed by atoms with Gasteiger partial charge in [0.05, 0.1) is 6.54 Å². The van der Waals surface area contributed by atoms with Crippen molar-refractivity contribution in [2.45, 2.75) is 58.4 Å². The second-order valence-corrected chi connectivity index (χ2v) is 6.60. The molecule has 0 bridgehead atoms. The zero-order chi connectivity index (χ0) is 14.0. The number of carbonyl (C=O) groups is 2. The van der Waals surface area contributed by atoms with Crippen LogP contribution in [0.4, 0.5) is 0 Å². The molecule has 19 heavy (non-hydrogen) atoms. The fourth-order valence-electron chi connectivity index (χ4n) is 3.11. The van der Waals surface area contributed by atoms with Crippen LogP contribution in [0.2, 0.25) is 0 Å². The lowest BCUT2D eigenvalue weighted by Crippen LogP contribution is -2.67. The van der Waals surface area contributed by atoms with Crippen LogP contribution in [0.3, 0.4) is 0 Å². The van der Waals surface area contributed by atoms with Gasteiger partial charge in [-0.3, -0.25) is 9.59 Å². The minimum absolute atomic E-state index is 0.0115. The van der Waals surface area contributed by atoms with Gasteiger partial charge in [-0.25, -0.2) is 0 Å². The van der Waals surface area contributed by atoms with Crippen LogP contribution in [-0.2, 0) is 9.59 Å². The Balaban J connectivity index is 2.11. The van der Waals surface area contributed by atoms with E-state index in [9.17, 15) is 9.59 Å². The monoisotopic (exact) mass is 266 g/mol. The van der Waals surface area contributed by atoms with Crippen molar-refractivity contribution < 1.29 is 9.59 Å². The Kier molecular flexibility index (Phi) is 4.16. The summed E-state index contributed by atoms with van der Waals surface area (Å²) < 4.78 is 0. The summed E-state index contributed by atoms with van der Waals surface area (Å²) in [7, 11) is 0. The first-order chi connectivity index (χ1) is 8.94. The molecule has 0 aromatic carbocycles. The molecule has 1 spiro atoms. The van der Waals surface area contributed by atoms with Crippen LogP contribution in [0, 0.1) is 11.8 Å². The molecule has 0 aromatic heterocycles. The molecule has 0 radical (unpaired) electrons. The largest absolute Gasteiger partial charge is 0.340 e. The van der Waals surface area contributed by atoms with E-state index in [1.165, 1.54) is 6.42 Å². The number of hydrogen-bond acceptors (Lipinski definition) is 2. The van der Waals surface area contributed by atoms with Gasteiger partial charge in [0.1, 0.15) is 5.54 Å². The van der Waals surface area contributed by atoms with Crippen LogP contribution in [0.15, 0.2) is 0 Å². The van der Waals surface area contributed by atoms with Crippen molar-refractivity contribution in [1.29, 1.82) is 0 Å². The maximum Gasteiger partial charge on any atom is 0.248 e. The van der Waals surface area contributed by atoms with Crippen LogP contribution < -0.4 is 5.32 Å². The molecule has 2 fully saturated rings. The van der Waals surface area contributed by atoms with E-state index < -0.39 is 5.54 Å². The molecule has 1 unspecified atom stereocenters. The molecule has 2 amide bonds. The maximum absolute atomic E-state index is 12.7. The van der Waals surface area contributed by atoms with Gasteiger partial charge in [-0.05, 0) is 24.7 Å². The first kappa shape index (κ1) is 14.4. The van der Waals surface area contributed by atoms with Gasteiger partial charge >= 0.3 is 0 Å². The number of nitrogens with zero attached hydrogens (tertiary/aromatic N) is 1. The van der Waals surface area contributed by atoms with E-state index in [2.05, 4.69) is 26.1 Å². The van der Waals surface area contributed by atoms with Gasteiger partial charge in [0.15, 0.2) is 0 Å². The van der Waals surface area contributed by atoms with E-state index in [1.807, 2.05) is 0 Å². The Morgan fingerprint density at radius 3 is 2.37 bits per heavy atom. The summed E-state index contributed by atoms with van der Waals surface area (Å²) in [5.41, 5.74) is -0.579. The summed E-state index contributed by atoms with van der Waals surface area (Å²) in [5.74, 6) is 1.12. The second-order valence-electron chi connectivity index (χ2n) is 6.60. The molecule has 1 heterocycles. The van der Waals surface area contributed by atoms with Crippen molar-refractivity contribution in [2.24, 2.45) is 11.8 Å². The Morgan fingerprint density at radius 2 is 1.79 bits per heavy atom. The van der Waals surface area contributed by atoms with E-state index in [0.717, 1.165) is 25.7 Å². The fraction of sp³-hybridized carbons (Fsp3) is 0.867. The van der Waals surface area contributed by atoms with Gasteiger partial charge in [0, 0.05) is 6.54 Å². The maximum atomic E-state index is 12.7. The van der Waals surface area contributed by atoms with Gasteiger partial charge in [-0.2, -0.15) is 0 Å². The molecule has 1 saturated carbocycles. The minimum atomic E-state index is -0.579. The van der Waals surface area contributed by atoms with Crippen LogP contribution in [0.5, 0.6) is 0 Å². The quantitative estimate of drug-likeness (QED) is 0.848. The molecule has 1 N–H and O–H groups in total. The Hall–Kier alpha value is -1.06. The van der Waals surface area contributed by atoms with E-state index in [0.29, 0.717) is 18.4 Å². The zero-order valence-corrected chi connectivity index (χ0v) is 12.4. The predicted molar refractivity (Wildman–Crippen MR) is 74.5 cm³/mol. The molecule has 0 aromatic rings. The zero-order valence-electron chi connectivity index (χ0n) is 12.4. The summed E-state index contributed by atoms with van der Waals surface area (Å²) in [4.78, 5) is 26.4. The van der Waals surface area contributed by atoms with E-state index >= 15 is 0 Å². The molecule has 1 atom stereocenters. The third kappa shape index (κ3) is 2.93. The predicted octanol–water partition coefficient (Wildman–Crippen LogP) is 1.94. The standard InChI is InChI=1S/C15H26N2O2/c1-11(2)12(3)9-17-10-13(18)16-15(14(17)19)7-5-4-6-8-15/h11-12H,4-10H2,1-3H3,(H,16,18). The average molecular weight is 266 g/mol. The molecule has 1 saturated heterocycles. The molecule has 4 heteroatoms. The van der Waals surface area contributed by atoms with Crippen molar-refractivity contribution >= 4 is 11.8 Å². The summed E-state index contributed by atoms with van der Waals surface area (Å²) in [6.07, 6.45) is 4.88. The average Bonchev–Trinajstić information content (AvgIpc) is 2.36. The highest BCUT2D eigenvalue weighted by molar-refractivity contribution is 5.98. The molecular formula is C15H26N2O2. The Bertz CT molecular complexity index is 359. The lowest BCUT2D eigenvalue weighted by atomic mass is 9.79. The minimum Gasteiger partial charge on any atom is -0.340 e. The number of rotatable bonds is 3. The summed E-state index contributed by atoms with van der Waals surface area (Å²) in [6, 6.07) is 0. The van der Waals surface area contributed by atoms with Crippen molar-refractivity contribution in [1.82, 2.24) is 10.2 Å². The number of amides is 2. The normalized spacial score (nSPS) is 24.7. The summed E-state index contributed by atoms with van der Waals surface area (Å²) in [6.45, 7) is 7.41. The highest BCUT2D eigenvalue weighted by Crippen LogP contribution is 2.32. The van der Waals surface area contributed by atoms with Crippen molar-refractivity contribution in [3.8, 4) is 0 Å². The SMILES string of the molecule is CC(C)C(C)CN1CC(=O)NC2(CCCCC2)C1=O. The number of piperazine rings is 1. The van der Waals surface area contributed by atoms with Gasteiger partial charge in [-0.1, -0.05) is 40.0 Å². The number of nitrogens with one attached hydrogen (secondary N) is 1. The third-order valence-electron chi connectivity index (χ3n) is 4.76. The van der Waals surface area contributed by atoms with Crippen LogP contribution in [0.25, 0.3) is 0 Å². The van der Waals surface area contributed by atoms with Crippen LogP contribution in [0.1, 0.15) is 52.9 Å². The molecule has 2 aliphatic rings. The molecule has 2 rings (SSSR count). The summed E-state index contributed by atoms with van der Waals surface area (Å²) >= 11 is 0. The van der Waals surface area contributed by atoms with E-state index in [-0.39, 0.29) is 18.4 Å². The first-order valence-corrected chi connectivity index (χ1v) is 7.55. The number of carbonyl (C=O) groups excluding carboxylic acids is 2. The lowest BCUT2D eigenvalue weighted by molar-refractivity contribution is -0.152. The van der Waals surface area contributed by atoms with Crippen LogP contribution in [-0.4, -0.2) is 35.3 Å². The second kappa shape index (κ2) is 5.51. The highest BCUT2D eigenvalue weighted by atomic mass is 16.2. The van der Waals surface area contributed by atoms with E-state index in [4.69, 9.17) is 0 Å². The molecule has 4 nitrogen and oxygen atoms in total. The Labute approximate surface area is 115 Å². The van der Waals surface area contributed by atoms with Gasteiger partial charge in [0.2, 0.25) is 11.8 Å². The van der Waals surface area contributed by atoms with Crippen LogP contribution >= 0.6 is 0 Å². The number of hydrogen-bond donors (Lipinski definition) is 1. The Morgan fingerprint density at radius 1 is 1.16 bits per heavy atom. The van der Waals surface area contributed by atoms with Crippen molar-refractivity contribution in [3.63, 3.8) is 0 Å². The van der Waals surface area contributed by atoms with Gasteiger partial charge in [-0.15, -0.1) is 0 Å².